The maximum Gasteiger partial charge on any atom is 0.238 e. The molecular formula is C13H19ClN2O2. The van der Waals surface area contributed by atoms with Gasteiger partial charge in [0.15, 0.2) is 0 Å². The zero-order valence-corrected chi connectivity index (χ0v) is 11.9. The van der Waals surface area contributed by atoms with Crippen molar-refractivity contribution in [1.82, 2.24) is 5.32 Å². The zero-order chi connectivity index (χ0) is 13.7. The minimum atomic E-state index is -0.108. The molecule has 0 bridgehead atoms. The molecule has 0 aromatic heterocycles. The van der Waals surface area contributed by atoms with Crippen molar-refractivity contribution in [2.24, 2.45) is 0 Å². The third kappa shape index (κ3) is 4.20. The van der Waals surface area contributed by atoms with Crippen LogP contribution in [0.3, 0.4) is 0 Å². The maximum absolute atomic E-state index is 11.7. The smallest absolute Gasteiger partial charge is 0.238 e. The summed E-state index contributed by atoms with van der Waals surface area (Å²) >= 11 is 6.00. The number of carbonyl (C=O) groups is 1. The van der Waals surface area contributed by atoms with Crippen LogP contribution >= 0.6 is 11.6 Å². The van der Waals surface area contributed by atoms with Crippen molar-refractivity contribution < 1.29 is 9.53 Å². The van der Waals surface area contributed by atoms with Gasteiger partial charge in [0.25, 0.3) is 0 Å². The van der Waals surface area contributed by atoms with Crippen molar-refractivity contribution in [2.45, 2.75) is 26.8 Å². The minimum absolute atomic E-state index is 0.108. The Bertz CT molecular complexity index is 433. The first kappa shape index (κ1) is 14.8. The van der Waals surface area contributed by atoms with Crippen molar-refractivity contribution in [3.05, 3.63) is 22.7 Å². The molecule has 4 nitrogen and oxygen atoms in total. The maximum atomic E-state index is 11.7. The molecule has 0 aliphatic heterocycles. The van der Waals surface area contributed by atoms with Crippen molar-refractivity contribution in [2.75, 3.05) is 19.0 Å². The predicted molar refractivity (Wildman–Crippen MR) is 74.5 cm³/mol. The van der Waals surface area contributed by atoms with Crippen LogP contribution in [-0.4, -0.2) is 25.6 Å². The summed E-state index contributed by atoms with van der Waals surface area (Å²) in [6, 6.07) is 3.76. The summed E-state index contributed by atoms with van der Waals surface area (Å²) in [5.41, 5.74) is 1.53. The van der Waals surface area contributed by atoms with E-state index in [1.807, 2.05) is 20.8 Å². The SMILES string of the molecule is COc1cc(Cl)c(C)cc1NC(=O)CNC(C)C. The van der Waals surface area contributed by atoms with E-state index in [1.54, 1.807) is 19.2 Å². The monoisotopic (exact) mass is 270 g/mol. The summed E-state index contributed by atoms with van der Waals surface area (Å²) in [5.74, 6) is 0.451. The summed E-state index contributed by atoms with van der Waals surface area (Å²) in [6.45, 7) is 6.12. The normalized spacial score (nSPS) is 10.6. The molecule has 100 valence electrons. The molecule has 5 heteroatoms. The zero-order valence-electron chi connectivity index (χ0n) is 11.1. The Morgan fingerprint density at radius 2 is 2.11 bits per heavy atom. The molecule has 1 rings (SSSR count). The largest absolute Gasteiger partial charge is 0.495 e. The van der Waals surface area contributed by atoms with Gasteiger partial charge in [0, 0.05) is 17.1 Å². The molecule has 0 aliphatic carbocycles. The molecule has 2 N–H and O–H groups in total. The topological polar surface area (TPSA) is 50.4 Å². The fourth-order valence-corrected chi connectivity index (χ4v) is 1.57. The van der Waals surface area contributed by atoms with E-state index < -0.39 is 0 Å². The quantitative estimate of drug-likeness (QED) is 0.865. The van der Waals surface area contributed by atoms with Crippen LogP contribution in [0.5, 0.6) is 5.75 Å². The van der Waals surface area contributed by atoms with Gasteiger partial charge in [-0.25, -0.2) is 0 Å². The van der Waals surface area contributed by atoms with Gasteiger partial charge < -0.3 is 15.4 Å². The Morgan fingerprint density at radius 3 is 2.67 bits per heavy atom. The molecular weight excluding hydrogens is 252 g/mol. The Kier molecular flexibility index (Phi) is 5.44. The first-order valence-electron chi connectivity index (χ1n) is 5.81. The molecule has 0 fully saturated rings. The van der Waals surface area contributed by atoms with Gasteiger partial charge in [-0.05, 0) is 18.6 Å². The summed E-state index contributed by atoms with van der Waals surface area (Å²) in [7, 11) is 1.54. The number of hydrogen-bond donors (Lipinski definition) is 2. The molecule has 18 heavy (non-hydrogen) atoms. The van der Waals surface area contributed by atoms with Crippen LogP contribution in [0.1, 0.15) is 19.4 Å². The Morgan fingerprint density at radius 1 is 1.44 bits per heavy atom. The highest BCUT2D eigenvalue weighted by molar-refractivity contribution is 6.31. The fourth-order valence-electron chi connectivity index (χ4n) is 1.42. The van der Waals surface area contributed by atoms with E-state index in [9.17, 15) is 4.79 Å². The van der Waals surface area contributed by atoms with Crippen molar-refractivity contribution in [3.8, 4) is 5.75 Å². The number of amides is 1. The van der Waals surface area contributed by atoms with Crippen molar-refractivity contribution >= 4 is 23.2 Å². The van der Waals surface area contributed by atoms with Gasteiger partial charge >= 0.3 is 0 Å². The van der Waals surface area contributed by atoms with Crippen LogP contribution in [0, 0.1) is 6.92 Å². The molecule has 0 heterocycles. The van der Waals surface area contributed by atoms with E-state index in [-0.39, 0.29) is 18.5 Å². The molecule has 0 saturated carbocycles. The summed E-state index contributed by atoms with van der Waals surface area (Å²) < 4.78 is 5.19. The number of carbonyl (C=O) groups excluding carboxylic acids is 1. The van der Waals surface area contributed by atoms with Crippen LogP contribution in [0.2, 0.25) is 5.02 Å². The number of nitrogens with one attached hydrogen (secondary N) is 2. The van der Waals surface area contributed by atoms with Gasteiger partial charge in [0.1, 0.15) is 5.75 Å². The van der Waals surface area contributed by atoms with Crippen LogP contribution < -0.4 is 15.4 Å². The number of benzene rings is 1. The number of anilines is 1. The predicted octanol–water partition coefficient (Wildman–Crippen LogP) is 2.59. The van der Waals surface area contributed by atoms with Gasteiger partial charge in [0.2, 0.25) is 5.91 Å². The molecule has 1 amide bonds. The summed E-state index contributed by atoms with van der Waals surface area (Å²) in [4.78, 5) is 11.7. The highest BCUT2D eigenvalue weighted by Gasteiger charge is 2.10. The van der Waals surface area contributed by atoms with E-state index in [1.165, 1.54) is 0 Å². The Hall–Kier alpha value is -1.26. The van der Waals surface area contributed by atoms with Crippen molar-refractivity contribution in [1.29, 1.82) is 0 Å². The standard InChI is InChI=1S/C13H19ClN2O2/c1-8(2)15-7-13(17)16-11-5-9(3)10(14)6-12(11)18-4/h5-6,8,15H,7H2,1-4H3,(H,16,17). The van der Waals surface area contributed by atoms with Gasteiger partial charge in [-0.15, -0.1) is 0 Å². The van der Waals surface area contributed by atoms with E-state index in [4.69, 9.17) is 16.3 Å². The van der Waals surface area contributed by atoms with Crippen molar-refractivity contribution in [3.63, 3.8) is 0 Å². The summed E-state index contributed by atoms with van der Waals surface area (Å²) in [6.07, 6.45) is 0. The fraction of sp³-hybridized carbons (Fsp3) is 0.462. The average molecular weight is 271 g/mol. The lowest BCUT2D eigenvalue weighted by Gasteiger charge is -2.13. The van der Waals surface area contributed by atoms with Crippen LogP contribution in [-0.2, 0) is 4.79 Å². The number of aryl methyl sites for hydroxylation is 1. The van der Waals surface area contributed by atoms with E-state index in [2.05, 4.69) is 10.6 Å². The number of hydrogen-bond acceptors (Lipinski definition) is 3. The minimum Gasteiger partial charge on any atom is -0.495 e. The lowest BCUT2D eigenvalue weighted by molar-refractivity contribution is -0.115. The first-order chi connectivity index (χ1) is 8.43. The molecule has 1 aromatic rings. The molecule has 0 unspecified atom stereocenters. The van der Waals surface area contributed by atoms with Gasteiger partial charge in [-0.3, -0.25) is 4.79 Å². The van der Waals surface area contributed by atoms with E-state index >= 15 is 0 Å². The Labute approximate surface area is 113 Å². The lowest BCUT2D eigenvalue weighted by atomic mass is 10.2. The molecule has 0 radical (unpaired) electrons. The average Bonchev–Trinajstić information content (AvgIpc) is 2.31. The van der Waals surface area contributed by atoms with Gasteiger partial charge in [-0.2, -0.15) is 0 Å². The van der Waals surface area contributed by atoms with Crippen LogP contribution in [0.15, 0.2) is 12.1 Å². The van der Waals surface area contributed by atoms with Crippen LogP contribution in [0.4, 0.5) is 5.69 Å². The number of halogens is 1. The number of methoxy groups -OCH3 is 1. The molecule has 0 atom stereocenters. The third-order valence-electron chi connectivity index (χ3n) is 2.43. The van der Waals surface area contributed by atoms with Crippen LogP contribution in [0.25, 0.3) is 0 Å². The van der Waals surface area contributed by atoms with Gasteiger partial charge in [-0.1, -0.05) is 25.4 Å². The highest BCUT2D eigenvalue weighted by Crippen LogP contribution is 2.30. The van der Waals surface area contributed by atoms with Gasteiger partial charge in [0.05, 0.1) is 19.3 Å². The molecule has 1 aromatic carbocycles. The second-order valence-corrected chi connectivity index (χ2v) is 4.79. The number of ether oxygens (including phenoxy) is 1. The van der Waals surface area contributed by atoms with E-state index in [0.29, 0.717) is 16.5 Å². The highest BCUT2D eigenvalue weighted by atomic mass is 35.5. The number of rotatable bonds is 5. The lowest BCUT2D eigenvalue weighted by Crippen LogP contribution is -2.32. The first-order valence-corrected chi connectivity index (χ1v) is 6.19. The third-order valence-corrected chi connectivity index (χ3v) is 2.83. The second-order valence-electron chi connectivity index (χ2n) is 4.39. The Balaban J connectivity index is 2.77. The molecule has 0 spiro atoms. The summed E-state index contributed by atoms with van der Waals surface area (Å²) in [5, 5.41) is 6.47. The van der Waals surface area contributed by atoms with E-state index in [0.717, 1.165) is 5.56 Å². The second kappa shape index (κ2) is 6.61. The molecule has 0 aliphatic rings. The molecule has 0 saturated heterocycles.